The van der Waals surface area contributed by atoms with Gasteiger partial charge in [-0.2, -0.15) is 5.26 Å². The number of quaternary nitrogens is 2. The number of amides is 1. The summed E-state index contributed by atoms with van der Waals surface area (Å²) in [5.74, 6) is 0.719. The molecule has 5 nitrogen and oxygen atoms in total. The molecule has 0 aromatic carbocycles. The smallest absolute Gasteiger partial charge is 0.280 e. The van der Waals surface area contributed by atoms with Gasteiger partial charge in [-0.25, -0.2) is 0 Å². The Hall–Kier alpha value is -1.42. The number of carbonyl (C=O) groups is 1. The number of nitrogens with zero attached hydrogens (tertiary/aromatic N) is 1. The molecule has 3 N–H and O–H groups in total. The molecule has 124 valence electrons. The Morgan fingerprint density at radius 3 is 2.83 bits per heavy atom. The maximum absolute atomic E-state index is 12.4. The molecular formula is C17H26N4OS+2. The van der Waals surface area contributed by atoms with Gasteiger partial charge in [-0.1, -0.05) is 6.92 Å². The average Bonchev–Trinajstić information content (AvgIpc) is 2.85. The first-order valence-electron chi connectivity index (χ1n) is 8.56. The minimum Gasteiger partial charge on any atom is -0.328 e. The van der Waals surface area contributed by atoms with Gasteiger partial charge < -0.3 is 15.1 Å². The molecule has 1 fully saturated rings. The lowest BCUT2D eigenvalue weighted by Gasteiger charge is -2.26. The van der Waals surface area contributed by atoms with E-state index in [4.69, 9.17) is 0 Å². The number of anilines is 1. The zero-order valence-corrected chi connectivity index (χ0v) is 14.8. The molecule has 1 aromatic rings. The summed E-state index contributed by atoms with van der Waals surface area (Å²) in [6, 6.07) is 2.32. The molecule has 1 aromatic heterocycles. The summed E-state index contributed by atoms with van der Waals surface area (Å²) in [4.78, 5) is 16.6. The van der Waals surface area contributed by atoms with Crippen molar-refractivity contribution in [1.29, 1.82) is 5.26 Å². The molecule has 1 aliphatic carbocycles. The molecule has 1 saturated heterocycles. The molecule has 1 atom stereocenters. The van der Waals surface area contributed by atoms with Crippen LogP contribution in [0.5, 0.6) is 0 Å². The lowest BCUT2D eigenvalue weighted by molar-refractivity contribution is -0.999. The fourth-order valence-corrected chi connectivity index (χ4v) is 4.94. The van der Waals surface area contributed by atoms with Crippen molar-refractivity contribution in [3.63, 3.8) is 0 Å². The van der Waals surface area contributed by atoms with Crippen molar-refractivity contribution in [3.8, 4) is 6.07 Å². The highest BCUT2D eigenvalue weighted by atomic mass is 32.1. The van der Waals surface area contributed by atoms with Gasteiger partial charge in [0.1, 0.15) is 37.2 Å². The third-order valence-corrected chi connectivity index (χ3v) is 6.27. The number of nitrogens with one attached hydrogen (secondary N) is 3. The number of likely N-dealkylation sites (N-methyl/N-ethyl adjacent to an activating group) is 1. The van der Waals surface area contributed by atoms with E-state index in [0.717, 1.165) is 50.4 Å². The Labute approximate surface area is 141 Å². The van der Waals surface area contributed by atoms with Crippen LogP contribution >= 0.6 is 11.3 Å². The molecule has 2 aliphatic rings. The van der Waals surface area contributed by atoms with Gasteiger partial charge in [0.25, 0.3) is 5.91 Å². The van der Waals surface area contributed by atoms with E-state index < -0.39 is 0 Å². The van der Waals surface area contributed by atoms with Crippen LogP contribution in [0.15, 0.2) is 0 Å². The Kier molecular flexibility index (Phi) is 5.00. The second-order valence-electron chi connectivity index (χ2n) is 7.10. The van der Waals surface area contributed by atoms with Crippen LogP contribution in [0.1, 0.15) is 29.3 Å². The molecule has 1 aliphatic heterocycles. The van der Waals surface area contributed by atoms with Crippen molar-refractivity contribution in [2.75, 3.05) is 45.1 Å². The summed E-state index contributed by atoms with van der Waals surface area (Å²) in [6.45, 7) is 7.10. The fourth-order valence-electron chi connectivity index (χ4n) is 3.56. The van der Waals surface area contributed by atoms with E-state index in [1.54, 1.807) is 16.2 Å². The van der Waals surface area contributed by atoms with Crippen molar-refractivity contribution in [3.05, 3.63) is 16.0 Å². The van der Waals surface area contributed by atoms with Crippen LogP contribution < -0.4 is 15.1 Å². The van der Waals surface area contributed by atoms with Crippen molar-refractivity contribution in [2.24, 2.45) is 5.92 Å². The number of hydrogen-bond acceptors (Lipinski definition) is 3. The largest absolute Gasteiger partial charge is 0.328 e. The Morgan fingerprint density at radius 1 is 1.39 bits per heavy atom. The van der Waals surface area contributed by atoms with E-state index in [9.17, 15) is 10.1 Å². The number of carbonyl (C=O) groups excluding carboxylic acids is 1. The predicted octanol–water partition coefficient (Wildman–Crippen LogP) is -0.904. The maximum atomic E-state index is 12.4. The molecule has 0 radical (unpaired) electrons. The fraction of sp³-hybridized carbons (Fsp3) is 0.647. The summed E-state index contributed by atoms with van der Waals surface area (Å²) in [5, 5.41) is 13.3. The summed E-state index contributed by atoms with van der Waals surface area (Å²) >= 11 is 1.61. The standard InChI is InChI=1S/C17H24N4OS/c1-12-3-4-13-14(10-18)17(23-15(13)9-12)19-16(22)11-21-7-5-20(2)6-8-21/h12H,3-9,11H2,1-2H3,(H,19,22)/p+2/t12-/m1/s1. The van der Waals surface area contributed by atoms with Crippen LogP contribution in [0.4, 0.5) is 5.00 Å². The van der Waals surface area contributed by atoms with Crippen molar-refractivity contribution < 1.29 is 14.6 Å². The van der Waals surface area contributed by atoms with Crippen LogP contribution in [0.25, 0.3) is 0 Å². The highest BCUT2D eigenvalue weighted by molar-refractivity contribution is 7.16. The monoisotopic (exact) mass is 334 g/mol. The van der Waals surface area contributed by atoms with Gasteiger partial charge in [0.05, 0.1) is 12.6 Å². The van der Waals surface area contributed by atoms with Crippen LogP contribution in [0.3, 0.4) is 0 Å². The van der Waals surface area contributed by atoms with E-state index in [1.165, 1.54) is 15.3 Å². The minimum absolute atomic E-state index is 0.0442. The van der Waals surface area contributed by atoms with Crippen LogP contribution in [0, 0.1) is 17.2 Å². The van der Waals surface area contributed by atoms with E-state index in [2.05, 4.69) is 25.4 Å². The first-order valence-corrected chi connectivity index (χ1v) is 9.37. The van der Waals surface area contributed by atoms with E-state index in [-0.39, 0.29) is 5.91 Å². The number of nitriles is 1. The second-order valence-corrected chi connectivity index (χ2v) is 8.20. The first kappa shape index (κ1) is 16.4. The lowest BCUT2D eigenvalue weighted by atomic mass is 9.89. The molecule has 3 rings (SSSR count). The highest BCUT2D eigenvalue weighted by Gasteiger charge is 2.26. The number of fused-ring (bicyclic) bond motifs is 1. The van der Waals surface area contributed by atoms with Gasteiger partial charge in [-0.15, -0.1) is 11.3 Å². The lowest BCUT2D eigenvalue weighted by Crippen LogP contribution is -3.27. The third-order valence-electron chi connectivity index (χ3n) is 5.10. The molecular weight excluding hydrogens is 308 g/mol. The molecule has 6 heteroatoms. The Balaban J connectivity index is 1.66. The molecule has 0 unspecified atom stereocenters. The van der Waals surface area contributed by atoms with Gasteiger partial charge in [0.15, 0.2) is 6.54 Å². The number of rotatable bonds is 3. The zero-order chi connectivity index (χ0) is 16.4. The molecule has 0 saturated carbocycles. The zero-order valence-electron chi connectivity index (χ0n) is 14.0. The van der Waals surface area contributed by atoms with Gasteiger partial charge in [-0.05, 0) is 30.7 Å². The molecule has 2 heterocycles. The molecule has 0 spiro atoms. The SMILES string of the molecule is C[C@@H]1CCc2c(sc(NC(=O)C[NH+]3CC[NH+](C)CC3)c2C#N)C1. The quantitative estimate of drug-likeness (QED) is 0.671. The van der Waals surface area contributed by atoms with Crippen molar-refractivity contribution in [1.82, 2.24) is 0 Å². The van der Waals surface area contributed by atoms with Gasteiger partial charge in [-0.3, -0.25) is 4.79 Å². The normalized spacial score (nSPS) is 27.1. The first-order chi connectivity index (χ1) is 11.1. The Bertz CT molecular complexity index is 625. The number of piperazine rings is 1. The topological polar surface area (TPSA) is 61.8 Å². The second kappa shape index (κ2) is 7.00. The summed E-state index contributed by atoms with van der Waals surface area (Å²) in [7, 11) is 2.20. The molecule has 1 amide bonds. The third kappa shape index (κ3) is 3.74. The van der Waals surface area contributed by atoms with Crippen molar-refractivity contribution >= 4 is 22.2 Å². The highest BCUT2D eigenvalue weighted by Crippen LogP contribution is 2.39. The summed E-state index contributed by atoms with van der Waals surface area (Å²) in [6.07, 6.45) is 3.15. The predicted molar refractivity (Wildman–Crippen MR) is 91.0 cm³/mol. The summed E-state index contributed by atoms with van der Waals surface area (Å²) < 4.78 is 0. The minimum atomic E-state index is 0.0442. The van der Waals surface area contributed by atoms with Crippen LogP contribution in [-0.4, -0.2) is 45.7 Å². The van der Waals surface area contributed by atoms with Crippen LogP contribution in [-0.2, 0) is 17.6 Å². The van der Waals surface area contributed by atoms with Crippen LogP contribution in [0.2, 0.25) is 0 Å². The van der Waals surface area contributed by atoms with Gasteiger partial charge in [0, 0.05) is 4.88 Å². The summed E-state index contributed by atoms with van der Waals surface area (Å²) in [5.41, 5.74) is 1.89. The number of thiophene rings is 1. The van der Waals surface area contributed by atoms with Crippen molar-refractivity contribution in [2.45, 2.75) is 26.2 Å². The molecule has 0 bridgehead atoms. The Morgan fingerprint density at radius 2 is 2.13 bits per heavy atom. The van der Waals surface area contributed by atoms with Gasteiger partial charge >= 0.3 is 0 Å². The average molecular weight is 334 g/mol. The number of hydrogen-bond donors (Lipinski definition) is 3. The van der Waals surface area contributed by atoms with E-state index in [0.29, 0.717) is 18.0 Å². The van der Waals surface area contributed by atoms with Gasteiger partial charge in [0.2, 0.25) is 0 Å². The van der Waals surface area contributed by atoms with E-state index in [1.807, 2.05) is 0 Å². The maximum Gasteiger partial charge on any atom is 0.280 e. The van der Waals surface area contributed by atoms with E-state index >= 15 is 0 Å². The molecule has 23 heavy (non-hydrogen) atoms.